The molecule has 0 saturated heterocycles. The largest absolute Gasteiger partial charge is 0.366 e. The summed E-state index contributed by atoms with van der Waals surface area (Å²) in [5.74, 6) is 0.841. The van der Waals surface area contributed by atoms with Crippen LogP contribution in [0.2, 0.25) is 0 Å². The van der Waals surface area contributed by atoms with Crippen molar-refractivity contribution in [3.63, 3.8) is 0 Å². The minimum Gasteiger partial charge on any atom is -0.366 e. The van der Waals surface area contributed by atoms with E-state index in [1.807, 2.05) is 31.3 Å². The Hall–Kier alpha value is -1.88. The number of rotatable bonds is 6. The van der Waals surface area contributed by atoms with Crippen molar-refractivity contribution in [1.29, 1.82) is 0 Å². The van der Waals surface area contributed by atoms with Crippen molar-refractivity contribution >= 4 is 33.8 Å². The summed E-state index contributed by atoms with van der Waals surface area (Å²) in [6.45, 7) is 7.86. The fourth-order valence-corrected chi connectivity index (χ4v) is 2.50. The third-order valence-corrected chi connectivity index (χ3v) is 4.34. The first-order valence-corrected chi connectivity index (χ1v) is 8.50. The van der Waals surface area contributed by atoms with Crippen molar-refractivity contribution in [3.05, 3.63) is 51.6 Å². The second-order valence-corrected chi connectivity index (χ2v) is 6.38. The second kappa shape index (κ2) is 8.11. The van der Waals surface area contributed by atoms with E-state index in [2.05, 4.69) is 69.3 Å². The van der Waals surface area contributed by atoms with E-state index in [1.54, 1.807) is 0 Å². The Kier molecular flexibility index (Phi) is 6.16. The lowest BCUT2D eigenvalue weighted by Gasteiger charge is -2.12. The predicted octanol–water partition coefficient (Wildman–Crippen LogP) is 4.68. The molecule has 2 rings (SSSR count). The van der Waals surface area contributed by atoms with E-state index in [4.69, 9.17) is 0 Å². The molecule has 1 aromatic carbocycles. The first-order valence-electron chi connectivity index (χ1n) is 7.71. The molecule has 1 heterocycles. The van der Waals surface area contributed by atoms with Gasteiger partial charge >= 0.3 is 0 Å². The highest BCUT2D eigenvalue weighted by atomic mass is 79.9. The number of halogens is 1. The molecule has 0 aliphatic carbocycles. The first-order chi connectivity index (χ1) is 11.0. The SMILES string of the molecule is CCN(C)/C=N\c1cc(Br)c(NCc2ccccc2C)nc1C. The fraction of sp³-hybridized carbons (Fsp3) is 0.333. The molecule has 0 aliphatic heterocycles. The van der Waals surface area contributed by atoms with Crippen molar-refractivity contribution in [2.75, 3.05) is 18.9 Å². The van der Waals surface area contributed by atoms with Crippen LogP contribution in [0.15, 0.2) is 39.8 Å². The molecule has 0 fully saturated rings. The zero-order chi connectivity index (χ0) is 16.8. The van der Waals surface area contributed by atoms with Gasteiger partial charge in [0.25, 0.3) is 0 Å². The van der Waals surface area contributed by atoms with Crippen LogP contribution in [0, 0.1) is 13.8 Å². The van der Waals surface area contributed by atoms with Crippen LogP contribution in [-0.2, 0) is 6.54 Å². The zero-order valence-corrected chi connectivity index (χ0v) is 15.7. The van der Waals surface area contributed by atoms with Crippen LogP contribution in [0.5, 0.6) is 0 Å². The Morgan fingerprint density at radius 1 is 1.30 bits per heavy atom. The molecule has 0 saturated carbocycles. The predicted molar refractivity (Wildman–Crippen MR) is 102 cm³/mol. The number of pyridine rings is 1. The normalized spacial score (nSPS) is 11.0. The summed E-state index contributed by atoms with van der Waals surface area (Å²) >= 11 is 3.58. The lowest BCUT2D eigenvalue weighted by atomic mass is 10.1. The van der Waals surface area contributed by atoms with Crippen molar-refractivity contribution in [2.24, 2.45) is 4.99 Å². The molecule has 0 radical (unpaired) electrons. The quantitative estimate of drug-likeness (QED) is 0.589. The van der Waals surface area contributed by atoms with Crippen LogP contribution in [0.1, 0.15) is 23.7 Å². The molecule has 5 heteroatoms. The molecule has 0 aliphatic rings. The lowest BCUT2D eigenvalue weighted by Crippen LogP contribution is -2.14. The van der Waals surface area contributed by atoms with Crippen LogP contribution in [0.3, 0.4) is 0 Å². The van der Waals surface area contributed by atoms with Gasteiger partial charge in [0.15, 0.2) is 0 Å². The van der Waals surface area contributed by atoms with Crippen LogP contribution in [0.25, 0.3) is 0 Å². The molecule has 0 atom stereocenters. The number of hydrogen-bond donors (Lipinski definition) is 1. The minimum absolute atomic E-state index is 0.749. The van der Waals surface area contributed by atoms with Crippen molar-refractivity contribution in [2.45, 2.75) is 27.3 Å². The van der Waals surface area contributed by atoms with Gasteiger partial charge in [-0.25, -0.2) is 9.98 Å². The van der Waals surface area contributed by atoms with Gasteiger partial charge in [0.1, 0.15) is 5.82 Å². The summed E-state index contributed by atoms with van der Waals surface area (Å²) in [6, 6.07) is 10.4. The van der Waals surface area contributed by atoms with Crippen LogP contribution < -0.4 is 5.32 Å². The molecule has 1 N–H and O–H groups in total. The van der Waals surface area contributed by atoms with E-state index >= 15 is 0 Å². The third-order valence-electron chi connectivity index (χ3n) is 3.74. The number of aliphatic imine (C=N–C) groups is 1. The number of hydrogen-bond acceptors (Lipinski definition) is 3. The summed E-state index contributed by atoms with van der Waals surface area (Å²) in [5.41, 5.74) is 4.32. The highest BCUT2D eigenvalue weighted by Gasteiger charge is 2.07. The smallest absolute Gasteiger partial charge is 0.141 e. The van der Waals surface area contributed by atoms with E-state index in [0.29, 0.717) is 0 Å². The molecule has 4 nitrogen and oxygen atoms in total. The molecule has 1 aromatic heterocycles. The average Bonchev–Trinajstić information content (AvgIpc) is 2.54. The average molecular weight is 375 g/mol. The van der Waals surface area contributed by atoms with E-state index in [-0.39, 0.29) is 0 Å². The summed E-state index contributed by atoms with van der Waals surface area (Å²) in [4.78, 5) is 11.1. The van der Waals surface area contributed by atoms with E-state index in [1.165, 1.54) is 11.1 Å². The summed E-state index contributed by atoms with van der Waals surface area (Å²) < 4.78 is 0.919. The number of nitrogens with one attached hydrogen (secondary N) is 1. The Labute approximate surface area is 146 Å². The first kappa shape index (κ1) is 17.5. The van der Waals surface area contributed by atoms with Gasteiger partial charge in [-0.15, -0.1) is 0 Å². The second-order valence-electron chi connectivity index (χ2n) is 5.52. The van der Waals surface area contributed by atoms with Gasteiger partial charge < -0.3 is 10.2 Å². The van der Waals surface area contributed by atoms with Crippen molar-refractivity contribution < 1.29 is 0 Å². The monoisotopic (exact) mass is 374 g/mol. The number of aromatic nitrogens is 1. The molecule has 0 unspecified atom stereocenters. The zero-order valence-electron chi connectivity index (χ0n) is 14.1. The maximum atomic E-state index is 4.63. The van der Waals surface area contributed by atoms with Crippen LogP contribution in [0.4, 0.5) is 11.5 Å². The van der Waals surface area contributed by atoms with E-state index in [0.717, 1.165) is 34.8 Å². The molecule has 23 heavy (non-hydrogen) atoms. The van der Waals surface area contributed by atoms with Gasteiger partial charge in [0.05, 0.1) is 22.2 Å². The van der Waals surface area contributed by atoms with Crippen LogP contribution in [-0.4, -0.2) is 29.8 Å². The molecule has 2 aromatic rings. The molecular weight excluding hydrogens is 352 g/mol. The molecule has 0 amide bonds. The van der Waals surface area contributed by atoms with Gasteiger partial charge in [-0.1, -0.05) is 24.3 Å². The van der Waals surface area contributed by atoms with E-state index in [9.17, 15) is 0 Å². The van der Waals surface area contributed by atoms with Gasteiger partial charge in [-0.2, -0.15) is 0 Å². The minimum atomic E-state index is 0.749. The van der Waals surface area contributed by atoms with Gasteiger partial charge in [0.2, 0.25) is 0 Å². The topological polar surface area (TPSA) is 40.5 Å². The Balaban J connectivity index is 2.14. The molecule has 0 spiro atoms. The lowest BCUT2D eigenvalue weighted by molar-refractivity contribution is 0.552. The van der Waals surface area contributed by atoms with Gasteiger partial charge in [0, 0.05) is 20.1 Å². The maximum absolute atomic E-state index is 4.63. The maximum Gasteiger partial charge on any atom is 0.141 e. The van der Waals surface area contributed by atoms with Gasteiger partial charge in [-0.3, -0.25) is 0 Å². The molecule has 0 bridgehead atoms. The van der Waals surface area contributed by atoms with Crippen LogP contribution >= 0.6 is 15.9 Å². The highest BCUT2D eigenvalue weighted by Crippen LogP contribution is 2.28. The third kappa shape index (κ3) is 4.79. The Morgan fingerprint density at radius 3 is 2.74 bits per heavy atom. The Bertz CT molecular complexity index is 697. The van der Waals surface area contributed by atoms with Crippen molar-refractivity contribution in [1.82, 2.24) is 9.88 Å². The summed E-state index contributed by atoms with van der Waals surface area (Å²) in [5, 5.41) is 3.39. The number of anilines is 1. The summed E-state index contributed by atoms with van der Waals surface area (Å²) in [6.07, 6.45) is 1.83. The fourth-order valence-electron chi connectivity index (χ4n) is 2.06. The Morgan fingerprint density at radius 2 is 2.04 bits per heavy atom. The summed E-state index contributed by atoms with van der Waals surface area (Å²) in [7, 11) is 2.00. The van der Waals surface area contributed by atoms with E-state index < -0.39 is 0 Å². The number of nitrogens with zero attached hydrogens (tertiary/aromatic N) is 3. The molecular formula is C18H23BrN4. The highest BCUT2D eigenvalue weighted by molar-refractivity contribution is 9.10. The van der Waals surface area contributed by atoms with Crippen molar-refractivity contribution in [3.8, 4) is 0 Å². The van der Waals surface area contributed by atoms with Gasteiger partial charge in [-0.05, 0) is 53.9 Å². The molecule has 122 valence electrons. The number of aryl methyl sites for hydroxylation is 2. The standard InChI is InChI=1S/C18H23BrN4/c1-5-23(4)12-21-17-10-16(19)18(22-14(17)3)20-11-15-9-7-6-8-13(15)2/h6-10,12H,5,11H2,1-4H3,(H,20,22)/b21-12-. The number of benzene rings is 1.